The van der Waals surface area contributed by atoms with Gasteiger partial charge in [-0.25, -0.2) is 0 Å². The summed E-state index contributed by atoms with van der Waals surface area (Å²) in [7, 11) is 1.70. The van der Waals surface area contributed by atoms with Crippen LogP contribution in [0.25, 0.3) is 6.08 Å². The molecule has 4 aliphatic carbocycles. The number of esters is 1. The highest BCUT2D eigenvalue weighted by atomic mass is 16.5. The average molecular weight is 522 g/mol. The molecule has 0 radical (unpaired) electrons. The quantitative estimate of drug-likeness (QED) is 0.431. The van der Waals surface area contributed by atoms with Crippen molar-refractivity contribution in [2.24, 2.45) is 34.5 Å². The van der Waals surface area contributed by atoms with Crippen LogP contribution in [0.1, 0.15) is 77.7 Å². The van der Waals surface area contributed by atoms with E-state index in [1.165, 1.54) is 44.1 Å². The molecule has 0 N–H and O–H groups in total. The summed E-state index contributed by atoms with van der Waals surface area (Å²) < 4.78 is 17.2. The highest BCUT2D eigenvalue weighted by molar-refractivity contribution is 5.67. The molecule has 0 spiro atoms. The zero-order valence-electron chi connectivity index (χ0n) is 23.9. The Morgan fingerprint density at radius 1 is 1.00 bits per heavy atom. The number of benzene rings is 1. The van der Waals surface area contributed by atoms with Gasteiger partial charge < -0.3 is 14.2 Å². The van der Waals surface area contributed by atoms with Gasteiger partial charge in [-0.15, -0.1) is 0 Å². The van der Waals surface area contributed by atoms with Gasteiger partial charge in [0, 0.05) is 31.5 Å². The molecule has 5 fully saturated rings. The lowest BCUT2D eigenvalue weighted by atomic mass is 9.45. The van der Waals surface area contributed by atoms with Crippen LogP contribution in [0, 0.1) is 34.5 Å². The van der Waals surface area contributed by atoms with Gasteiger partial charge in [-0.05, 0) is 104 Å². The molecule has 1 saturated heterocycles. The molecule has 1 aliphatic heterocycles. The molecule has 0 bridgehead atoms. The lowest BCUT2D eigenvalue weighted by Crippen LogP contribution is -2.56. The summed E-state index contributed by atoms with van der Waals surface area (Å²) in [6.07, 6.45) is 12.5. The molecule has 1 aromatic carbocycles. The Balaban J connectivity index is 1.24. The number of hydrogen-bond donors (Lipinski definition) is 0. The van der Waals surface area contributed by atoms with Gasteiger partial charge in [0.25, 0.3) is 0 Å². The molecular weight excluding hydrogens is 474 g/mol. The van der Waals surface area contributed by atoms with Gasteiger partial charge in [-0.1, -0.05) is 32.1 Å². The zero-order chi connectivity index (χ0) is 26.5. The highest BCUT2D eigenvalue weighted by Crippen LogP contribution is 2.67. The third-order valence-corrected chi connectivity index (χ3v) is 11.8. The Labute approximate surface area is 229 Å². The molecule has 38 heavy (non-hydrogen) atoms. The van der Waals surface area contributed by atoms with Crippen molar-refractivity contribution in [2.75, 3.05) is 33.4 Å². The molecule has 1 aromatic rings. The largest absolute Gasteiger partial charge is 0.497 e. The van der Waals surface area contributed by atoms with Crippen molar-refractivity contribution in [1.82, 2.24) is 4.90 Å². The van der Waals surface area contributed by atoms with Crippen molar-refractivity contribution < 1.29 is 19.0 Å². The van der Waals surface area contributed by atoms with Gasteiger partial charge in [0.15, 0.2) is 0 Å². The molecule has 0 amide bonds. The van der Waals surface area contributed by atoms with Gasteiger partial charge in [0.1, 0.15) is 11.9 Å². The maximum Gasteiger partial charge on any atom is 0.303 e. The van der Waals surface area contributed by atoms with E-state index < -0.39 is 0 Å². The standard InChI is InChI=1S/C33H47NO4/c1-22(35)38-31-24(19-23-5-8-27(36-4)9-6-23)20-30-28-10-7-25-21-26(34-15-17-37-18-16-34)11-13-32(25,2)29(28)12-14-33(30,31)3/h5-6,8-9,19,25-26,28-31H,7,10-18,20-21H2,1-4H3/b24-19+/t25-,26-,28+,29-,30-,31-,32-,33-/m0/s1. The minimum atomic E-state index is -0.156. The fraction of sp³-hybridized carbons (Fsp3) is 0.727. The first-order valence-electron chi connectivity index (χ1n) is 15.2. The number of hydrogen-bond acceptors (Lipinski definition) is 5. The van der Waals surface area contributed by atoms with Crippen LogP contribution in [-0.4, -0.2) is 56.4 Å². The number of nitrogens with zero attached hydrogens (tertiary/aromatic N) is 1. The molecule has 5 aliphatic rings. The van der Waals surface area contributed by atoms with Crippen LogP contribution >= 0.6 is 0 Å². The first kappa shape index (κ1) is 26.4. The van der Waals surface area contributed by atoms with Gasteiger partial charge in [0.05, 0.1) is 20.3 Å². The van der Waals surface area contributed by atoms with E-state index in [-0.39, 0.29) is 17.5 Å². The van der Waals surface area contributed by atoms with Crippen LogP contribution in [0.3, 0.4) is 0 Å². The molecule has 4 saturated carbocycles. The summed E-state index contributed by atoms with van der Waals surface area (Å²) in [5.41, 5.74) is 2.95. The van der Waals surface area contributed by atoms with Crippen molar-refractivity contribution in [3.05, 3.63) is 35.4 Å². The van der Waals surface area contributed by atoms with Crippen LogP contribution < -0.4 is 4.74 Å². The van der Waals surface area contributed by atoms with Crippen LogP contribution in [0.5, 0.6) is 5.75 Å². The third kappa shape index (κ3) is 4.52. The first-order valence-corrected chi connectivity index (χ1v) is 15.2. The van der Waals surface area contributed by atoms with E-state index in [1.54, 1.807) is 14.0 Å². The monoisotopic (exact) mass is 521 g/mol. The maximum atomic E-state index is 12.3. The molecule has 8 atom stereocenters. The van der Waals surface area contributed by atoms with Crippen molar-refractivity contribution in [3.63, 3.8) is 0 Å². The van der Waals surface area contributed by atoms with E-state index in [2.05, 4.69) is 37.0 Å². The summed E-state index contributed by atoms with van der Waals surface area (Å²) in [5.74, 6) is 3.67. The smallest absolute Gasteiger partial charge is 0.303 e. The van der Waals surface area contributed by atoms with E-state index in [0.717, 1.165) is 74.3 Å². The van der Waals surface area contributed by atoms with Crippen molar-refractivity contribution in [3.8, 4) is 5.75 Å². The predicted molar refractivity (Wildman–Crippen MR) is 150 cm³/mol. The Hall–Kier alpha value is -1.85. The van der Waals surface area contributed by atoms with E-state index in [4.69, 9.17) is 14.2 Å². The summed E-state index contributed by atoms with van der Waals surface area (Å²) >= 11 is 0. The third-order valence-electron chi connectivity index (χ3n) is 11.8. The number of carbonyl (C=O) groups is 1. The molecule has 0 aromatic heterocycles. The van der Waals surface area contributed by atoms with Crippen molar-refractivity contribution in [1.29, 1.82) is 0 Å². The number of fused-ring (bicyclic) bond motifs is 5. The van der Waals surface area contributed by atoms with Gasteiger partial charge >= 0.3 is 5.97 Å². The number of rotatable bonds is 4. The molecule has 208 valence electrons. The molecular formula is C33H47NO4. The topological polar surface area (TPSA) is 48.0 Å². The lowest BCUT2D eigenvalue weighted by molar-refractivity contribution is -0.160. The average Bonchev–Trinajstić information content (AvgIpc) is 3.19. The maximum absolute atomic E-state index is 12.3. The van der Waals surface area contributed by atoms with Gasteiger partial charge in [0.2, 0.25) is 0 Å². The number of methoxy groups -OCH3 is 1. The molecule has 6 rings (SSSR count). The zero-order valence-corrected chi connectivity index (χ0v) is 23.9. The Bertz CT molecular complexity index is 1050. The summed E-state index contributed by atoms with van der Waals surface area (Å²) in [6, 6.07) is 9.01. The van der Waals surface area contributed by atoms with E-state index >= 15 is 0 Å². The fourth-order valence-electron chi connectivity index (χ4n) is 9.78. The SMILES string of the molecule is COc1ccc(/C=C2\C[C@H]3[C@@H]4CC[C@H]5C[C@@H](N6CCOCC6)CC[C@]5(C)[C@H]4CC[C@]3(C)[C@H]2OC(C)=O)cc1. The summed E-state index contributed by atoms with van der Waals surface area (Å²) in [6.45, 7) is 10.7. The van der Waals surface area contributed by atoms with Crippen LogP contribution in [-0.2, 0) is 14.3 Å². The number of ether oxygens (including phenoxy) is 3. The van der Waals surface area contributed by atoms with Crippen molar-refractivity contribution in [2.45, 2.75) is 84.3 Å². The van der Waals surface area contributed by atoms with Crippen LogP contribution in [0.15, 0.2) is 29.8 Å². The van der Waals surface area contributed by atoms with Gasteiger partial charge in [-0.3, -0.25) is 9.69 Å². The summed E-state index contributed by atoms with van der Waals surface area (Å²) in [4.78, 5) is 15.0. The highest BCUT2D eigenvalue weighted by Gasteiger charge is 2.62. The molecule has 1 heterocycles. The molecule has 0 unspecified atom stereocenters. The van der Waals surface area contributed by atoms with Crippen LogP contribution in [0.4, 0.5) is 0 Å². The minimum Gasteiger partial charge on any atom is -0.497 e. The van der Waals surface area contributed by atoms with Crippen LogP contribution in [0.2, 0.25) is 0 Å². The molecule has 5 heteroatoms. The second-order valence-electron chi connectivity index (χ2n) is 13.5. The Morgan fingerprint density at radius 3 is 2.45 bits per heavy atom. The minimum absolute atomic E-state index is 0.0271. The Morgan fingerprint density at radius 2 is 1.74 bits per heavy atom. The first-order chi connectivity index (χ1) is 18.3. The van der Waals surface area contributed by atoms with Gasteiger partial charge in [-0.2, -0.15) is 0 Å². The van der Waals surface area contributed by atoms with E-state index in [9.17, 15) is 4.79 Å². The predicted octanol–water partition coefficient (Wildman–Crippen LogP) is 6.36. The van der Waals surface area contributed by atoms with Crippen molar-refractivity contribution >= 4 is 12.0 Å². The number of morpholine rings is 1. The normalized spacial score (nSPS) is 42.2. The fourth-order valence-corrected chi connectivity index (χ4v) is 9.78. The number of carbonyl (C=O) groups excluding carboxylic acids is 1. The Kier molecular flexibility index (Phi) is 7.14. The summed E-state index contributed by atoms with van der Waals surface area (Å²) in [5, 5.41) is 0. The van der Waals surface area contributed by atoms with E-state index in [1.807, 2.05) is 12.1 Å². The second-order valence-corrected chi connectivity index (χ2v) is 13.5. The lowest BCUT2D eigenvalue weighted by Gasteiger charge is -2.61. The second kappa shape index (κ2) is 10.3. The van der Waals surface area contributed by atoms with E-state index in [0.29, 0.717) is 11.3 Å². The molecule has 5 nitrogen and oxygen atoms in total.